The van der Waals surface area contributed by atoms with Gasteiger partial charge in [-0.25, -0.2) is 0 Å². The number of hydrogen-bond donors (Lipinski definition) is 0. The maximum absolute atomic E-state index is 5.81. The van der Waals surface area contributed by atoms with Crippen molar-refractivity contribution in [2.24, 2.45) is 5.92 Å². The monoisotopic (exact) mass is 286 g/mol. The number of furan rings is 1. The van der Waals surface area contributed by atoms with Crippen LogP contribution in [0, 0.1) is 5.92 Å². The summed E-state index contributed by atoms with van der Waals surface area (Å²) in [5.74, 6) is 4.68. The van der Waals surface area contributed by atoms with Crippen LogP contribution in [0.3, 0.4) is 0 Å². The molecular weight excluding hydrogens is 268 g/mol. The minimum atomic E-state index is 0.242. The van der Waals surface area contributed by atoms with Crippen molar-refractivity contribution in [3.05, 3.63) is 35.4 Å². The van der Waals surface area contributed by atoms with Gasteiger partial charge in [-0.05, 0) is 37.0 Å². The van der Waals surface area contributed by atoms with Crippen LogP contribution in [0.4, 0.5) is 0 Å². The summed E-state index contributed by atoms with van der Waals surface area (Å²) in [5, 5.41) is 8.13. The predicted molar refractivity (Wildman–Crippen MR) is 76.6 cm³/mol. The molecule has 1 aliphatic carbocycles. The first-order chi connectivity index (χ1) is 10.3. The van der Waals surface area contributed by atoms with E-state index in [9.17, 15) is 0 Å². The van der Waals surface area contributed by atoms with E-state index in [2.05, 4.69) is 23.2 Å². The lowest BCUT2D eigenvalue weighted by atomic mass is 10.1. The Hall–Kier alpha value is -1.88. The van der Waals surface area contributed by atoms with Gasteiger partial charge in [-0.3, -0.25) is 0 Å². The summed E-state index contributed by atoms with van der Waals surface area (Å²) in [4.78, 5) is 0. The number of rotatable bonds is 4. The first-order valence-corrected chi connectivity index (χ1v) is 7.48. The summed E-state index contributed by atoms with van der Waals surface area (Å²) in [6.45, 7) is 3.69. The zero-order valence-electron chi connectivity index (χ0n) is 12.0. The van der Waals surface area contributed by atoms with Crippen molar-refractivity contribution in [3.63, 3.8) is 0 Å². The van der Waals surface area contributed by atoms with E-state index in [1.54, 1.807) is 6.08 Å². The van der Waals surface area contributed by atoms with Gasteiger partial charge in [-0.2, -0.15) is 0 Å². The first kappa shape index (κ1) is 12.8. The molecular formula is C16H18N2O3. The summed E-state index contributed by atoms with van der Waals surface area (Å²) in [7, 11) is 0. The van der Waals surface area contributed by atoms with Crippen molar-refractivity contribution in [3.8, 4) is 0 Å². The van der Waals surface area contributed by atoms with E-state index in [1.165, 1.54) is 6.42 Å². The molecule has 5 heteroatoms. The molecule has 1 saturated heterocycles. The van der Waals surface area contributed by atoms with Gasteiger partial charge in [0.2, 0.25) is 11.8 Å². The van der Waals surface area contributed by atoms with Gasteiger partial charge in [0.05, 0.1) is 12.5 Å². The summed E-state index contributed by atoms with van der Waals surface area (Å²) in [6.07, 6.45) is 5.85. The molecule has 3 atom stereocenters. The minimum Gasteiger partial charge on any atom is -0.461 e. The molecule has 2 aromatic heterocycles. The highest BCUT2D eigenvalue weighted by atomic mass is 16.5. The summed E-state index contributed by atoms with van der Waals surface area (Å²) < 4.78 is 16.8. The number of hydrogen-bond acceptors (Lipinski definition) is 5. The van der Waals surface area contributed by atoms with Crippen molar-refractivity contribution in [2.45, 2.75) is 31.6 Å². The van der Waals surface area contributed by atoms with Crippen molar-refractivity contribution in [1.29, 1.82) is 0 Å². The lowest BCUT2D eigenvalue weighted by molar-refractivity contribution is 0.190. The second-order valence-corrected chi connectivity index (χ2v) is 5.93. The molecule has 1 aliphatic heterocycles. The van der Waals surface area contributed by atoms with E-state index in [0.717, 1.165) is 30.5 Å². The van der Waals surface area contributed by atoms with Crippen LogP contribution in [0.15, 0.2) is 21.0 Å². The third-order valence-corrected chi connectivity index (χ3v) is 4.25. The molecule has 1 saturated carbocycles. The molecule has 0 radical (unpaired) electrons. The Balaban J connectivity index is 1.44. The normalized spacial score (nSPS) is 28.5. The van der Waals surface area contributed by atoms with E-state index in [1.807, 2.05) is 12.1 Å². The van der Waals surface area contributed by atoms with Crippen LogP contribution in [0.1, 0.15) is 54.9 Å². The Bertz CT molecular complexity index is 652. The van der Waals surface area contributed by atoms with E-state index in [4.69, 9.17) is 13.6 Å². The Labute approximate surface area is 123 Å². The van der Waals surface area contributed by atoms with E-state index in [-0.39, 0.29) is 5.92 Å². The van der Waals surface area contributed by atoms with Gasteiger partial charge in [-0.15, -0.1) is 10.2 Å². The smallest absolute Gasteiger partial charge is 0.240 e. The van der Waals surface area contributed by atoms with Gasteiger partial charge < -0.3 is 13.6 Å². The topological polar surface area (TPSA) is 61.3 Å². The van der Waals surface area contributed by atoms with Crippen LogP contribution in [0.2, 0.25) is 0 Å². The highest BCUT2D eigenvalue weighted by Crippen LogP contribution is 2.47. The third-order valence-electron chi connectivity index (χ3n) is 4.25. The number of nitrogens with zero attached hydrogens (tertiary/aromatic N) is 2. The average molecular weight is 286 g/mol. The van der Waals surface area contributed by atoms with Gasteiger partial charge in [-0.1, -0.05) is 6.92 Å². The van der Waals surface area contributed by atoms with Crippen molar-refractivity contribution in [1.82, 2.24) is 10.2 Å². The predicted octanol–water partition coefficient (Wildman–Crippen LogP) is 3.46. The quantitative estimate of drug-likeness (QED) is 0.861. The molecule has 0 aromatic carbocycles. The highest BCUT2D eigenvalue weighted by Gasteiger charge is 2.36. The molecule has 4 rings (SSSR count). The fourth-order valence-corrected chi connectivity index (χ4v) is 2.74. The fourth-order valence-electron chi connectivity index (χ4n) is 2.74. The van der Waals surface area contributed by atoms with Crippen LogP contribution in [-0.2, 0) is 4.74 Å². The van der Waals surface area contributed by atoms with Crippen molar-refractivity contribution < 1.29 is 13.6 Å². The maximum Gasteiger partial charge on any atom is 0.240 e. The number of aromatic nitrogens is 2. The lowest BCUT2D eigenvalue weighted by Crippen LogP contribution is -1.97. The Morgan fingerprint density at radius 2 is 2.10 bits per heavy atom. The van der Waals surface area contributed by atoms with E-state index in [0.29, 0.717) is 24.3 Å². The first-order valence-electron chi connectivity index (χ1n) is 7.48. The molecule has 3 heterocycles. The Kier molecular flexibility index (Phi) is 3.15. The zero-order chi connectivity index (χ0) is 14.2. The van der Waals surface area contributed by atoms with Gasteiger partial charge in [0, 0.05) is 18.6 Å². The van der Waals surface area contributed by atoms with Crippen LogP contribution in [-0.4, -0.2) is 23.4 Å². The van der Waals surface area contributed by atoms with Crippen LogP contribution >= 0.6 is 0 Å². The van der Waals surface area contributed by atoms with Gasteiger partial charge in [0.25, 0.3) is 0 Å². The zero-order valence-corrected chi connectivity index (χ0v) is 12.0. The molecule has 0 N–H and O–H groups in total. The molecule has 5 nitrogen and oxygen atoms in total. The maximum atomic E-state index is 5.81. The Morgan fingerprint density at radius 1 is 1.19 bits per heavy atom. The molecule has 3 unspecified atom stereocenters. The largest absolute Gasteiger partial charge is 0.461 e. The molecule has 110 valence electrons. The second-order valence-electron chi connectivity index (χ2n) is 5.93. The standard InChI is InChI=1S/C16H18N2O3/c1-10-8-13(10)14-4-2-12(20-14)3-5-15-17-18-16(21-15)11-6-7-19-9-11/h2-5,10-11,13H,6-9H2,1H3/b5-3+. The summed E-state index contributed by atoms with van der Waals surface area (Å²) in [6, 6.07) is 4.04. The lowest BCUT2D eigenvalue weighted by Gasteiger charge is -1.97. The summed E-state index contributed by atoms with van der Waals surface area (Å²) in [5.41, 5.74) is 0. The second kappa shape index (κ2) is 5.15. The molecule has 21 heavy (non-hydrogen) atoms. The van der Waals surface area contributed by atoms with E-state index >= 15 is 0 Å². The number of ether oxygens (including phenoxy) is 1. The van der Waals surface area contributed by atoms with Crippen LogP contribution in [0.25, 0.3) is 12.2 Å². The molecule has 2 fully saturated rings. The van der Waals surface area contributed by atoms with Crippen molar-refractivity contribution in [2.75, 3.05) is 13.2 Å². The molecule has 2 aliphatic rings. The van der Waals surface area contributed by atoms with Crippen LogP contribution < -0.4 is 0 Å². The van der Waals surface area contributed by atoms with Gasteiger partial charge in [0.1, 0.15) is 11.5 Å². The Morgan fingerprint density at radius 3 is 2.86 bits per heavy atom. The highest BCUT2D eigenvalue weighted by molar-refractivity contribution is 5.63. The fraction of sp³-hybridized carbons (Fsp3) is 0.500. The van der Waals surface area contributed by atoms with Crippen LogP contribution in [0.5, 0.6) is 0 Å². The minimum absolute atomic E-state index is 0.242. The van der Waals surface area contributed by atoms with Gasteiger partial charge in [0.15, 0.2) is 0 Å². The van der Waals surface area contributed by atoms with Gasteiger partial charge >= 0.3 is 0 Å². The summed E-state index contributed by atoms with van der Waals surface area (Å²) >= 11 is 0. The van der Waals surface area contributed by atoms with E-state index < -0.39 is 0 Å². The molecule has 2 aromatic rings. The SMILES string of the molecule is CC1CC1c1ccc(/C=C/c2nnc(C3CCOC3)o2)o1. The molecule has 0 amide bonds. The average Bonchev–Trinajstić information content (AvgIpc) is 3.02. The molecule has 0 bridgehead atoms. The molecule has 0 spiro atoms. The van der Waals surface area contributed by atoms with Crippen molar-refractivity contribution >= 4 is 12.2 Å². The third kappa shape index (κ3) is 2.65.